The van der Waals surface area contributed by atoms with Gasteiger partial charge in [0.25, 0.3) is 0 Å². The van der Waals surface area contributed by atoms with Crippen molar-refractivity contribution in [3.8, 4) is 5.69 Å². The second-order valence-corrected chi connectivity index (χ2v) is 7.71. The highest BCUT2D eigenvalue weighted by molar-refractivity contribution is 9.10. The van der Waals surface area contributed by atoms with E-state index in [1.54, 1.807) is 6.21 Å². The Morgan fingerprint density at radius 2 is 1.92 bits per heavy atom. The molecule has 2 aromatic rings. The Kier molecular flexibility index (Phi) is 6.22. The lowest BCUT2D eigenvalue weighted by molar-refractivity contribution is -0.121. The van der Waals surface area contributed by atoms with Crippen LogP contribution in [0.4, 0.5) is 0 Å². The number of carbonyl (C=O) groups excluding carboxylic acids is 1. The largest absolute Gasteiger partial charge is 0.316 e. The van der Waals surface area contributed by atoms with Gasteiger partial charge in [0.1, 0.15) is 0 Å². The van der Waals surface area contributed by atoms with Crippen LogP contribution in [0.15, 0.2) is 27.8 Å². The molecule has 1 heterocycles. The van der Waals surface area contributed by atoms with Crippen LogP contribution in [0.25, 0.3) is 5.69 Å². The maximum Gasteiger partial charge on any atom is 0.240 e. The van der Waals surface area contributed by atoms with Crippen molar-refractivity contribution in [1.29, 1.82) is 0 Å². The molecule has 0 unspecified atom stereocenters. The third kappa shape index (κ3) is 4.40. The fourth-order valence-corrected chi connectivity index (χ4v) is 3.54. The highest BCUT2D eigenvalue weighted by Gasteiger charge is 2.17. The van der Waals surface area contributed by atoms with E-state index in [9.17, 15) is 4.79 Å². The summed E-state index contributed by atoms with van der Waals surface area (Å²) in [6.45, 7) is 12.4. The first kappa shape index (κ1) is 19.4. The summed E-state index contributed by atoms with van der Waals surface area (Å²) in [7, 11) is 0. The number of benzene rings is 1. The van der Waals surface area contributed by atoms with Crippen molar-refractivity contribution in [3.63, 3.8) is 0 Å². The number of aromatic nitrogens is 1. The fourth-order valence-electron chi connectivity index (χ4n) is 2.98. The van der Waals surface area contributed by atoms with Gasteiger partial charge in [-0.1, -0.05) is 31.5 Å². The standard InChI is InChI=1S/C20H26BrN3O/c1-12(2)9-19(25)23-22-11-17-15(5)24(16(6)20(17)21)18-8-7-13(3)10-14(18)4/h7-8,10-12H,9H2,1-6H3,(H,23,25)/b22-11-. The lowest BCUT2D eigenvalue weighted by atomic mass is 10.1. The number of halogens is 1. The average Bonchev–Trinajstić information content (AvgIpc) is 2.71. The summed E-state index contributed by atoms with van der Waals surface area (Å²) >= 11 is 3.67. The molecule has 25 heavy (non-hydrogen) atoms. The molecule has 1 N–H and O–H groups in total. The topological polar surface area (TPSA) is 46.4 Å². The molecule has 0 saturated heterocycles. The Balaban J connectivity index is 2.35. The molecule has 0 aliphatic carbocycles. The number of nitrogens with one attached hydrogen (secondary N) is 1. The first-order valence-electron chi connectivity index (χ1n) is 8.49. The van der Waals surface area contributed by atoms with E-state index in [0.29, 0.717) is 12.3 Å². The molecule has 4 nitrogen and oxygen atoms in total. The van der Waals surface area contributed by atoms with Crippen LogP contribution in [0.3, 0.4) is 0 Å². The normalized spacial score (nSPS) is 11.5. The van der Waals surface area contributed by atoms with Gasteiger partial charge in [-0.3, -0.25) is 4.79 Å². The zero-order valence-corrected chi connectivity index (χ0v) is 17.4. The Labute approximate surface area is 158 Å². The van der Waals surface area contributed by atoms with Crippen LogP contribution in [0.2, 0.25) is 0 Å². The quantitative estimate of drug-likeness (QED) is 0.555. The molecule has 0 atom stereocenters. The minimum absolute atomic E-state index is 0.0643. The van der Waals surface area contributed by atoms with E-state index in [4.69, 9.17) is 0 Å². The van der Waals surface area contributed by atoms with Crippen molar-refractivity contribution in [3.05, 3.63) is 50.8 Å². The second kappa shape index (κ2) is 8.00. The first-order valence-corrected chi connectivity index (χ1v) is 9.28. The van der Waals surface area contributed by atoms with Crippen LogP contribution < -0.4 is 5.43 Å². The zero-order valence-electron chi connectivity index (χ0n) is 15.8. The Hall–Kier alpha value is -1.88. The summed E-state index contributed by atoms with van der Waals surface area (Å²) in [5.74, 6) is 0.252. The van der Waals surface area contributed by atoms with Crippen LogP contribution >= 0.6 is 15.9 Å². The highest BCUT2D eigenvalue weighted by atomic mass is 79.9. The van der Waals surface area contributed by atoms with Crippen molar-refractivity contribution >= 4 is 28.1 Å². The van der Waals surface area contributed by atoms with Gasteiger partial charge in [0.2, 0.25) is 5.91 Å². The number of amides is 1. The minimum atomic E-state index is -0.0643. The van der Waals surface area contributed by atoms with E-state index in [0.717, 1.165) is 27.1 Å². The predicted octanol–water partition coefficient (Wildman–Crippen LogP) is 4.97. The van der Waals surface area contributed by atoms with Gasteiger partial charge in [-0.15, -0.1) is 0 Å². The van der Waals surface area contributed by atoms with Crippen molar-refractivity contribution in [1.82, 2.24) is 9.99 Å². The minimum Gasteiger partial charge on any atom is -0.316 e. The molecule has 0 bridgehead atoms. The van der Waals surface area contributed by atoms with Crippen LogP contribution in [-0.2, 0) is 4.79 Å². The van der Waals surface area contributed by atoms with E-state index < -0.39 is 0 Å². The maximum atomic E-state index is 11.7. The molecular weight excluding hydrogens is 378 g/mol. The Morgan fingerprint density at radius 1 is 1.24 bits per heavy atom. The number of hydrazone groups is 1. The number of nitrogens with zero attached hydrogens (tertiary/aromatic N) is 2. The smallest absolute Gasteiger partial charge is 0.240 e. The maximum absolute atomic E-state index is 11.7. The first-order chi connectivity index (χ1) is 11.7. The van der Waals surface area contributed by atoms with E-state index in [-0.39, 0.29) is 5.91 Å². The van der Waals surface area contributed by atoms with Crippen LogP contribution in [-0.4, -0.2) is 16.7 Å². The number of hydrogen-bond donors (Lipinski definition) is 1. The van der Waals surface area contributed by atoms with Crippen molar-refractivity contribution in [2.45, 2.75) is 48.0 Å². The molecule has 2 rings (SSSR count). The van der Waals surface area contributed by atoms with Gasteiger partial charge >= 0.3 is 0 Å². The third-order valence-electron chi connectivity index (χ3n) is 4.18. The van der Waals surface area contributed by atoms with Gasteiger partial charge in [-0.2, -0.15) is 5.10 Å². The van der Waals surface area contributed by atoms with Gasteiger partial charge in [-0.05, 0) is 61.2 Å². The summed E-state index contributed by atoms with van der Waals surface area (Å²) in [5.41, 5.74) is 9.40. The van der Waals surface area contributed by atoms with Crippen molar-refractivity contribution < 1.29 is 4.79 Å². The highest BCUT2D eigenvalue weighted by Crippen LogP contribution is 2.30. The SMILES string of the molecule is Cc1ccc(-n2c(C)c(Br)c(/C=N\NC(=O)CC(C)C)c2C)c(C)c1. The molecule has 0 aliphatic heterocycles. The van der Waals surface area contributed by atoms with Crippen molar-refractivity contribution in [2.24, 2.45) is 11.0 Å². The van der Waals surface area contributed by atoms with E-state index in [2.05, 4.69) is 76.9 Å². The Bertz CT molecular complexity index is 819. The third-order valence-corrected chi connectivity index (χ3v) is 5.19. The molecule has 1 amide bonds. The van der Waals surface area contributed by atoms with E-state index in [1.807, 2.05) is 13.8 Å². The summed E-state index contributed by atoms with van der Waals surface area (Å²) < 4.78 is 3.21. The predicted molar refractivity (Wildman–Crippen MR) is 108 cm³/mol. The van der Waals surface area contributed by atoms with Gasteiger partial charge < -0.3 is 4.57 Å². The monoisotopic (exact) mass is 403 g/mol. The van der Waals surface area contributed by atoms with Gasteiger partial charge in [0.05, 0.1) is 6.21 Å². The second-order valence-electron chi connectivity index (χ2n) is 6.91. The van der Waals surface area contributed by atoms with Crippen LogP contribution in [0, 0.1) is 33.6 Å². The molecule has 134 valence electrons. The zero-order chi connectivity index (χ0) is 18.7. The molecule has 0 spiro atoms. The average molecular weight is 404 g/mol. The van der Waals surface area contributed by atoms with Crippen molar-refractivity contribution in [2.75, 3.05) is 0 Å². The lowest BCUT2D eigenvalue weighted by Gasteiger charge is -2.13. The lowest BCUT2D eigenvalue weighted by Crippen LogP contribution is -2.19. The van der Waals surface area contributed by atoms with Crippen LogP contribution in [0.5, 0.6) is 0 Å². The number of carbonyl (C=O) groups is 1. The van der Waals surface area contributed by atoms with E-state index >= 15 is 0 Å². The Morgan fingerprint density at radius 3 is 2.52 bits per heavy atom. The van der Waals surface area contributed by atoms with Gasteiger partial charge in [0, 0.05) is 33.5 Å². The fraction of sp³-hybridized carbons (Fsp3) is 0.400. The molecule has 0 fully saturated rings. The number of hydrogen-bond acceptors (Lipinski definition) is 2. The summed E-state index contributed by atoms with van der Waals surface area (Å²) in [4.78, 5) is 11.7. The summed E-state index contributed by atoms with van der Waals surface area (Å²) in [6.07, 6.45) is 2.19. The molecule has 1 aromatic heterocycles. The molecule has 0 aliphatic rings. The molecule has 0 saturated carbocycles. The summed E-state index contributed by atoms with van der Waals surface area (Å²) in [5, 5.41) is 4.13. The number of aryl methyl sites for hydroxylation is 2. The molecule has 1 aromatic carbocycles. The van der Waals surface area contributed by atoms with Gasteiger partial charge in [-0.25, -0.2) is 5.43 Å². The van der Waals surface area contributed by atoms with E-state index in [1.165, 1.54) is 11.1 Å². The molecular formula is C20H26BrN3O. The van der Waals surface area contributed by atoms with Crippen LogP contribution in [0.1, 0.15) is 48.3 Å². The summed E-state index contributed by atoms with van der Waals surface area (Å²) in [6, 6.07) is 6.44. The molecule has 0 radical (unpaired) electrons. The molecule has 5 heteroatoms. The van der Waals surface area contributed by atoms with Gasteiger partial charge in [0.15, 0.2) is 0 Å². The number of rotatable bonds is 5.